The molecule has 2 aromatic heterocycles. The third-order valence-electron chi connectivity index (χ3n) is 4.82. The molecule has 3 heterocycles. The van der Waals surface area contributed by atoms with Crippen molar-refractivity contribution in [2.45, 2.75) is 25.3 Å². The molecule has 6 nitrogen and oxygen atoms in total. The van der Waals surface area contributed by atoms with Gasteiger partial charge in [-0.15, -0.1) is 0 Å². The number of carbonyl (C=O) groups excluding carboxylic acids is 1. The monoisotopic (exact) mass is 348 g/mol. The van der Waals surface area contributed by atoms with E-state index in [1.54, 1.807) is 30.5 Å². The van der Waals surface area contributed by atoms with Crippen molar-refractivity contribution in [2.24, 2.45) is 0 Å². The largest absolute Gasteiger partial charge is 0.507 e. The van der Waals surface area contributed by atoms with Gasteiger partial charge in [-0.3, -0.25) is 14.9 Å². The van der Waals surface area contributed by atoms with Gasteiger partial charge in [0.2, 0.25) is 0 Å². The number of amides is 1. The molecule has 26 heavy (non-hydrogen) atoms. The lowest BCUT2D eigenvalue weighted by Gasteiger charge is -2.35. The fourth-order valence-electron chi connectivity index (χ4n) is 3.51. The van der Waals surface area contributed by atoms with Gasteiger partial charge in [-0.05, 0) is 49.1 Å². The molecule has 1 aliphatic heterocycles. The number of benzene rings is 1. The minimum atomic E-state index is -0.0762. The Balaban J connectivity index is 1.61. The van der Waals surface area contributed by atoms with Gasteiger partial charge in [0, 0.05) is 24.5 Å². The van der Waals surface area contributed by atoms with Crippen LogP contribution < -0.4 is 0 Å². The van der Waals surface area contributed by atoms with Crippen LogP contribution in [0.4, 0.5) is 0 Å². The summed E-state index contributed by atoms with van der Waals surface area (Å²) in [5, 5.41) is 17.0. The average Bonchev–Trinajstić information content (AvgIpc) is 3.18. The number of pyridine rings is 1. The molecule has 1 saturated heterocycles. The first kappa shape index (κ1) is 16.3. The standard InChI is InChI=1S/C20H20N4O2/c25-19-9-2-1-7-15(19)16-12-17(23-22-16)20(26)24-11-4-3-8-18(24)14-6-5-10-21-13-14/h1-2,5-7,9-10,12-13,18,25H,3-4,8,11H2,(H,22,23). The van der Waals surface area contributed by atoms with Gasteiger partial charge in [-0.2, -0.15) is 5.10 Å². The van der Waals surface area contributed by atoms with E-state index in [0.717, 1.165) is 24.8 Å². The van der Waals surface area contributed by atoms with Crippen molar-refractivity contribution in [3.8, 4) is 17.0 Å². The van der Waals surface area contributed by atoms with Crippen LogP contribution in [-0.2, 0) is 0 Å². The van der Waals surface area contributed by atoms with Gasteiger partial charge in [0.15, 0.2) is 0 Å². The number of aromatic nitrogens is 3. The van der Waals surface area contributed by atoms with Crippen molar-refractivity contribution < 1.29 is 9.90 Å². The van der Waals surface area contributed by atoms with E-state index < -0.39 is 0 Å². The molecule has 0 aliphatic carbocycles. The number of hydrogen-bond acceptors (Lipinski definition) is 4. The van der Waals surface area contributed by atoms with Crippen LogP contribution in [0.2, 0.25) is 0 Å². The number of piperidine rings is 1. The number of rotatable bonds is 3. The molecule has 1 atom stereocenters. The number of phenols is 1. The van der Waals surface area contributed by atoms with Crippen molar-refractivity contribution in [1.29, 1.82) is 0 Å². The van der Waals surface area contributed by atoms with E-state index in [4.69, 9.17) is 0 Å². The van der Waals surface area contributed by atoms with Crippen LogP contribution in [0, 0.1) is 0 Å². The highest BCUT2D eigenvalue weighted by atomic mass is 16.3. The third kappa shape index (κ3) is 3.06. The molecule has 0 radical (unpaired) electrons. The van der Waals surface area contributed by atoms with Crippen LogP contribution >= 0.6 is 0 Å². The van der Waals surface area contributed by atoms with Gasteiger partial charge in [0.05, 0.1) is 11.7 Å². The van der Waals surface area contributed by atoms with Crippen molar-refractivity contribution in [3.05, 3.63) is 66.1 Å². The normalized spacial score (nSPS) is 17.2. The zero-order valence-electron chi connectivity index (χ0n) is 14.3. The van der Waals surface area contributed by atoms with Gasteiger partial charge in [-0.25, -0.2) is 0 Å². The molecule has 0 bridgehead atoms. The van der Waals surface area contributed by atoms with Crippen LogP contribution in [0.25, 0.3) is 11.3 Å². The first-order valence-electron chi connectivity index (χ1n) is 8.79. The summed E-state index contributed by atoms with van der Waals surface area (Å²) in [7, 11) is 0. The molecule has 0 saturated carbocycles. The van der Waals surface area contributed by atoms with Crippen molar-refractivity contribution in [1.82, 2.24) is 20.1 Å². The summed E-state index contributed by atoms with van der Waals surface area (Å²) in [5.41, 5.74) is 2.65. The lowest BCUT2D eigenvalue weighted by Crippen LogP contribution is -2.38. The number of hydrogen-bond donors (Lipinski definition) is 2. The summed E-state index contributed by atoms with van der Waals surface area (Å²) in [6.07, 6.45) is 6.58. The fourth-order valence-corrected chi connectivity index (χ4v) is 3.51. The van der Waals surface area contributed by atoms with Gasteiger partial charge in [-0.1, -0.05) is 18.2 Å². The highest BCUT2D eigenvalue weighted by Crippen LogP contribution is 2.32. The Morgan fingerprint density at radius 1 is 1.19 bits per heavy atom. The summed E-state index contributed by atoms with van der Waals surface area (Å²) in [5.74, 6) is 0.0666. The van der Waals surface area contributed by atoms with E-state index >= 15 is 0 Å². The van der Waals surface area contributed by atoms with Crippen molar-refractivity contribution in [3.63, 3.8) is 0 Å². The predicted molar refractivity (Wildman–Crippen MR) is 97.6 cm³/mol. The molecule has 132 valence electrons. The smallest absolute Gasteiger partial charge is 0.272 e. The van der Waals surface area contributed by atoms with E-state index in [-0.39, 0.29) is 17.7 Å². The minimum Gasteiger partial charge on any atom is -0.507 e. The molecule has 4 rings (SSSR count). The number of phenolic OH excluding ortho intramolecular Hbond substituents is 1. The average molecular weight is 348 g/mol. The number of nitrogens with one attached hydrogen (secondary N) is 1. The summed E-state index contributed by atoms with van der Waals surface area (Å²) >= 11 is 0. The van der Waals surface area contributed by atoms with Gasteiger partial charge < -0.3 is 10.0 Å². The number of H-pyrrole nitrogens is 1. The first-order valence-corrected chi connectivity index (χ1v) is 8.79. The summed E-state index contributed by atoms with van der Waals surface area (Å²) in [6, 6.07) is 12.6. The predicted octanol–water partition coefficient (Wildman–Crippen LogP) is 3.54. The maximum Gasteiger partial charge on any atom is 0.272 e. The Labute approximate surface area is 151 Å². The summed E-state index contributed by atoms with van der Waals surface area (Å²) < 4.78 is 0. The maximum atomic E-state index is 13.1. The molecule has 2 N–H and O–H groups in total. The van der Waals surface area contributed by atoms with Crippen LogP contribution in [-0.4, -0.2) is 37.6 Å². The number of aromatic amines is 1. The molecular weight excluding hydrogens is 328 g/mol. The van der Waals surface area contributed by atoms with E-state index in [2.05, 4.69) is 15.2 Å². The first-order chi connectivity index (χ1) is 12.7. The van der Waals surface area contributed by atoms with Crippen LogP contribution in [0.5, 0.6) is 5.75 Å². The van der Waals surface area contributed by atoms with Gasteiger partial charge in [0.25, 0.3) is 5.91 Å². The Morgan fingerprint density at radius 2 is 2.08 bits per heavy atom. The van der Waals surface area contributed by atoms with Crippen molar-refractivity contribution in [2.75, 3.05) is 6.54 Å². The van der Waals surface area contributed by atoms with Crippen LogP contribution in [0.15, 0.2) is 54.9 Å². The molecule has 6 heteroatoms. The Kier molecular flexibility index (Phi) is 4.39. The summed E-state index contributed by atoms with van der Waals surface area (Å²) in [4.78, 5) is 19.2. The number of para-hydroxylation sites is 1. The van der Waals surface area contributed by atoms with E-state index in [1.165, 1.54) is 0 Å². The molecule has 1 unspecified atom stereocenters. The summed E-state index contributed by atoms with van der Waals surface area (Å²) in [6.45, 7) is 0.712. The fraction of sp³-hybridized carbons (Fsp3) is 0.250. The van der Waals surface area contributed by atoms with E-state index in [0.29, 0.717) is 23.5 Å². The van der Waals surface area contributed by atoms with E-state index in [9.17, 15) is 9.90 Å². The Bertz CT molecular complexity index is 907. The second-order valence-corrected chi connectivity index (χ2v) is 6.48. The van der Waals surface area contributed by atoms with Crippen molar-refractivity contribution >= 4 is 5.91 Å². The Hall–Kier alpha value is -3.15. The van der Waals surface area contributed by atoms with E-state index in [1.807, 2.05) is 29.3 Å². The highest BCUT2D eigenvalue weighted by Gasteiger charge is 2.30. The maximum absolute atomic E-state index is 13.1. The number of carbonyl (C=O) groups is 1. The molecule has 1 aliphatic rings. The lowest BCUT2D eigenvalue weighted by molar-refractivity contribution is 0.0605. The molecule has 1 fully saturated rings. The number of likely N-dealkylation sites (tertiary alicyclic amines) is 1. The van der Waals surface area contributed by atoms with Crippen LogP contribution in [0.1, 0.15) is 41.4 Å². The van der Waals surface area contributed by atoms with Gasteiger partial charge in [0.1, 0.15) is 11.4 Å². The third-order valence-corrected chi connectivity index (χ3v) is 4.82. The molecule has 1 aromatic carbocycles. The number of aromatic hydroxyl groups is 1. The zero-order valence-corrected chi connectivity index (χ0v) is 14.3. The van der Waals surface area contributed by atoms with Gasteiger partial charge >= 0.3 is 0 Å². The number of nitrogens with zero attached hydrogens (tertiary/aromatic N) is 3. The van der Waals surface area contributed by atoms with Crippen LogP contribution in [0.3, 0.4) is 0 Å². The molecule has 1 amide bonds. The second kappa shape index (κ2) is 7.00. The SMILES string of the molecule is O=C(c1cc(-c2ccccc2O)n[nH]1)N1CCCCC1c1cccnc1. The Morgan fingerprint density at radius 3 is 2.88 bits per heavy atom. The molecular formula is C20H20N4O2. The zero-order chi connectivity index (χ0) is 17.9. The second-order valence-electron chi connectivity index (χ2n) is 6.48. The lowest BCUT2D eigenvalue weighted by atomic mass is 9.96. The topological polar surface area (TPSA) is 82.1 Å². The highest BCUT2D eigenvalue weighted by molar-refractivity contribution is 5.94. The molecule has 0 spiro atoms. The minimum absolute atomic E-state index is 0.0295. The quantitative estimate of drug-likeness (QED) is 0.758. The molecule has 3 aromatic rings.